The van der Waals surface area contributed by atoms with Gasteiger partial charge in [-0.25, -0.2) is 0 Å². The van der Waals surface area contributed by atoms with Gasteiger partial charge in [0, 0.05) is 20.2 Å². The van der Waals surface area contributed by atoms with Gasteiger partial charge in [-0.1, -0.05) is 0 Å². The van der Waals surface area contributed by atoms with Gasteiger partial charge < -0.3 is 11.1 Å². The summed E-state index contributed by atoms with van der Waals surface area (Å²) in [6, 6.07) is 0. The van der Waals surface area contributed by atoms with Crippen LogP contribution in [0.4, 0.5) is 0 Å². The minimum Gasteiger partial charge on any atom is -0.384 e. The van der Waals surface area contributed by atoms with E-state index in [1.165, 1.54) is 14.1 Å². The largest absolute Gasteiger partial charge is 0.384 e. The van der Waals surface area contributed by atoms with Crippen molar-refractivity contribution in [2.24, 2.45) is 10.7 Å². The van der Waals surface area contributed by atoms with Gasteiger partial charge in [0.1, 0.15) is 5.84 Å². The predicted octanol–water partition coefficient (Wildman–Crippen LogP) is -0.119. The summed E-state index contributed by atoms with van der Waals surface area (Å²) < 4.78 is 0. The van der Waals surface area contributed by atoms with Crippen molar-refractivity contribution in [2.45, 2.75) is 6.42 Å². The first-order valence-electron chi connectivity index (χ1n) is 5.01. The number of nitro groups is 2. The van der Waals surface area contributed by atoms with Crippen LogP contribution in [-0.2, 0) is 0 Å². The van der Waals surface area contributed by atoms with E-state index in [9.17, 15) is 20.2 Å². The van der Waals surface area contributed by atoms with Crippen LogP contribution in [0.25, 0.3) is 0 Å². The summed E-state index contributed by atoms with van der Waals surface area (Å²) in [6.45, 7) is 0. The van der Waals surface area contributed by atoms with Gasteiger partial charge in [0.25, 0.3) is 5.70 Å². The zero-order chi connectivity index (χ0) is 15.0. The molecule has 0 aromatic rings. The number of rotatable bonds is 6. The van der Waals surface area contributed by atoms with Crippen molar-refractivity contribution in [3.05, 3.63) is 43.8 Å². The zero-order valence-electron chi connectivity index (χ0n) is 10.4. The Kier molecular flexibility index (Phi) is 6.43. The first kappa shape index (κ1) is 16.2. The van der Waals surface area contributed by atoms with Crippen LogP contribution < -0.4 is 11.1 Å². The lowest BCUT2D eigenvalue weighted by molar-refractivity contribution is -0.428. The van der Waals surface area contributed by atoms with Gasteiger partial charge in [0.05, 0.1) is 22.3 Å². The molecule has 0 aromatic heterocycles. The van der Waals surface area contributed by atoms with Crippen LogP contribution in [0, 0.1) is 25.6 Å². The summed E-state index contributed by atoms with van der Waals surface area (Å²) in [5.41, 5.74) is 4.22. The average Bonchev–Trinajstić information content (AvgIpc) is 2.31. The molecule has 0 aliphatic rings. The first-order chi connectivity index (χ1) is 8.83. The normalized spacial score (nSPS) is 13.1. The van der Waals surface area contributed by atoms with Crippen LogP contribution in [0.1, 0.15) is 6.42 Å². The summed E-state index contributed by atoms with van der Waals surface area (Å²) in [7, 11) is 2.79. The maximum atomic E-state index is 10.8. The molecule has 0 atom stereocenters. The Morgan fingerprint density at radius 2 is 2.00 bits per heavy atom. The summed E-state index contributed by atoms with van der Waals surface area (Å²) in [6.07, 6.45) is 1.52. The fourth-order valence-electron chi connectivity index (χ4n) is 1.18. The van der Waals surface area contributed by atoms with Gasteiger partial charge in [-0.3, -0.25) is 30.6 Å². The van der Waals surface area contributed by atoms with Crippen LogP contribution in [0.15, 0.2) is 28.5 Å². The Balaban J connectivity index is 5.34. The van der Waals surface area contributed by atoms with E-state index in [1.807, 2.05) is 0 Å². The molecule has 0 spiro atoms. The molecule has 10 heteroatoms. The standard InChI is InChI=1S/C9H14N6O4/c1-12-9(13-2)7(15(18)19)4-3-6(14(16)17)5-8(10)11/h4-5H,3H2,1-2H3,(H3,10,11)(H,12,13). The number of amidine groups is 2. The van der Waals surface area contributed by atoms with Crippen molar-refractivity contribution in [3.8, 4) is 0 Å². The van der Waals surface area contributed by atoms with Crippen LogP contribution in [0.2, 0.25) is 0 Å². The van der Waals surface area contributed by atoms with E-state index in [4.69, 9.17) is 11.1 Å². The van der Waals surface area contributed by atoms with Gasteiger partial charge in [0.15, 0.2) is 5.84 Å². The summed E-state index contributed by atoms with van der Waals surface area (Å²) in [4.78, 5) is 23.7. The highest BCUT2D eigenvalue weighted by molar-refractivity contribution is 5.95. The molecule has 10 nitrogen and oxygen atoms in total. The minimum absolute atomic E-state index is 0.00415. The molecule has 19 heavy (non-hydrogen) atoms. The topological polar surface area (TPSA) is 161 Å². The summed E-state index contributed by atoms with van der Waals surface area (Å²) in [5, 5.41) is 31.0. The molecule has 0 rings (SSSR count). The molecule has 0 aliphatic heterocycles. The highest BCUT2D eigenvalue weighted by Gasteiger charge is 2.19. The Morgan fingerprint density at radius 1 is 1.42 bits per heavy atom. The van der Waals surface area contributed by atoms with E-state index in [2.05, 4.69) is 10.3 Å². The first-order valence-corrected chi connectivity index (χ1v) is 5.01. The lowest BCUT2D eigenvalue weighted by atomic mass is 10.2. The Hall–Kier alpha value is -2.78. The molecular formula is C9H14N6O4. The van der Waals surface area contributed by atoms with Gasteiger partial charge >= 0.3 is 5.70 Å². The molecule has 0 amide bonds. The van der Waals surface area contributed by atoms with Crippen molar-refractivity contribution in [3.63, 3.8) is 0 Å². The molecule has 0 radical (unpaired) electrons. The lowest BCUT2D eigenvalue weighted by Gasteiger charge is -2.01. The average molecular weight is 270 g/mol. The van der Waals surface area contributed by atoms with Crippen molar-refractivity contribution < 1.29 is 9.85 Å². The minimum atomic E-state index is -0.752. The van der Waals surface area contributed by atoms with Crippen molar-refractivity contribution in [2.75, 3.05) is 14.1 Å². The molecule has 0 aliphatic carbocycles. The molecule has 0 unspecified atom stereocenters. The molecule has 104 valence electrons. The quantitative estimate of drug-likeness (QED) is 0.264. The maximum Gasteiger partial charge on any atom is 0.307 e. The lowest BCUT2D eigenvalue weighted by Crippen LogP contribution is -2.25. The molecule has 4 N–H and O–H groups in total. The van der Waals surface area contributed by atoms with Gasteiger partial charge in [0.2, 0.25) is 0 Å². The Bertz CT molecular complexity index is 479. The Labute approximate surface area is 108 Å². The third-order valence-corrected chi connectivity index (χ3v) is 1.96. The van der Waals surface area contributed by atoms with E-state index in [0.29, 0.717) is 0 Å². The molecule has 0 heterocycles. The highest BCUT2D eigenvalue weighted by atomic mass is 16.6. The van der Waals surface area contributed by atoms with Gasteiger partial charge in [-0.2, -0.15) is 0 Å². The number of hydrogen-bond acceptors (Lipinski definition) is 6. The third-order valence-electron chi connectivity index (χ3n) is 1.96. The van der Waals surface area contributed by atoms with Crippen LogP contribution in [0.5, 0.6) is 0 Å². The van der Waals surface area contributed by atoms with Crippen LogP contribution >= 0.6 is 0 Å². The molecule has 0 aromatic carbocycles. The molecule has 0 bridgehead atoms. The van der Waals surface area contributed by atoms with E-state index in [0.717, 1.165) is 12.2 Å². The van der Waals surface area contributed by atoms with E-state index in [1.54, 1.807) is 0 Å². The van der Waals surface area contributed by atoms with Crippen LogP contribution in [0.3, 0.4) is 0 Å². The van der Waals surface area contributed by atoms with Gasteiger partial charge in [-0.15, -0.1) is 0 Å². The van der Waals surface area contributed by atoms with E-state index in [-0.39, 0.29) is 18.0 Å². The molecule has 0 saturated heterocycles. The van der Waals surface area contributed by atoms with Crippen LogP contribution in [-0.4, -0.2) is 35.6 Å². The monoisotopic (exact) mass is 270 g/mol. The number of nitrogens with two attached hydrogens (primary N) is 1. The smallest absolute Gasteiger partial charge is 0.307 e. The Morgan fingerprint density at radius 3 is 2.32 bits per heavy atom. The second kappa shape index (κ2) is 7.53. The molecule has 0 fully saturated rings. The number of nitrogens with one attached hydrogen (secondary N) is 2. The van der Waals surface area contributed by atoms with Crippen molar-refractivity contribution in [1.29, 1.82) is 5.41 Å². The fraction of sp³-hybridized carbons (Fsp3) is 0.333. The second-order valence-corrected chi connectivity index (χ2v) is 3.22. The summed E-state index contributed by atoms with van der Waals surface area (Å²) in [5.74, 6) is -0.503. The number of likely N-dealkylation sites (N-methyl/N-ethyl adjacent to an activating group) is 1. The predicted molar refractivity (Wildman–Crippen MR) is 69.1 cm³/mol. The number of aliphatic imine (C=N–C) groups is 1. The number of nitrogens with zero attached hydrogens (tertiary/aromatic N) is 3. The third kappa shape index (κ3) is 5.39. The molecule has 0 saturated carbocycles. The SMILES string of the molecule is CN=C(NC)C(=CCC(=CC(=N)N)[N+](=O)[O-])[N+](=O)[O-]. The maximum absolute atomic E-state index is 10.8. The fourth-order valence-corrected chi connectivity index (χ4v) is 1.18. The zero-order valence-corrected chi connectivity index (χ0v) is 10.4. The highest BCUT2D eigenvalue weighted by Crippen LogP contribution is 2.08. The van der Waals surface area contributed by atoms with Crippen molar-refractivity contribution in [1.82, 2.24) is 5.32 Å². The molecular weight excluding hydrogens is 256 g/mol. The number of hydrogen-bond donors (Lipinski definition) is 3. The van der Waals surface area contributed by atoms with Crippen molar-refractivity contribution >= 4 is 11.7 Å². The second-order valence-electron chi connectivity index (χ2n) is 3.22. The van der Waals surface area contributed by atoms with E-state index < -0.39 is 21.4 Å². The number of allylic oxidation sites excluding steroid dienone is 1. The summed E-state index contributed by atoms with van der Waals surface area (Å²) >= 11 is 0. The van der Waals surface area contributed by atoms with E-state index >= 15 is 0 Å². The van der Waals surface area contributed by atoms with Gasteiger partial charge in [-0.05, 0) is 0 Å².